The molecule has 0 bridgehead atoms. The molecule has 280 valence electrons. The van der Waals surface area contributed by atoms with E-state index in [1.165, 1.54) is 24.3 Å². The van der Waals surface area contributed by atoms with Gasteiger partial charge in [0.25, 0.3) is 5.56 Å². The number of hydrogen-bond acceptors (Lipinski definition) is 18. The summed E-state index contributed by atoms with van der Waals surface area (Å²) in [5.41, 5.74) is 12.9. The average molecular weight is 761 g/mol. The Morgan fingerprint density at radius 3 is 2.59 bits per heavy atom. The molecule has 0 saturated carbocycles. The van der Waals surface area contributed by atoms with E-state index in [-0.39, 0.29) is 55.7 Å². The number of nitrogens with one attached hydrogen (secondary N) is 2. The monoisotopic (exact) mass is 760 g/mol. The van der Waals surface area contributed by atoms with Gasteiger partial charge in [-0.25, -0.2) is 24.1 Å². The summed E-state index contributed by atoms with van der Waals surface area (Å²) in [5.74, 6) is -0.501. The maximum atomic E-state index is 13.3. The first kappa shape index (κ1) is 37.4. The summed E-state index contributed by atoms with van der Waals surface area (Å²) in [6, 6.07) is 0. The van der Waals surface area contributed by atoms with E-state index >= 15 is 0 Å². The van der Waals surface area contributed by atoms with Gasteiger partial charge in [0.1, 0.15) is 30.2 Å². The van der Waals surface area contributed by atoms with Crippen molar-refractivity contribution in [3.05, 3.63) is 34.8 Å². The minimum absolute atomic E-state index is 0.0180. The molecule has 2 unspecified atom stereocenters. The van der Waals surface area contributed by atoms with Gasteiger partial charge in [0.05, 0.1) is 31.2 Å². The molecule has 51 heavy (non-hydrogen) atoms. The van der Waals surface area contributed by atoms with Crippen molar-refractivity contribution in [1.82, 2.24) is 39.4 Å². The molecule has 2 aliphatic heterocycles. The van der Waals surface area contributed by atoms with Crippen molar-refractivity contribution in [3.63, 3.8) is 0 Å². The Hall–Kier alpha value is -3.41. The molecule has 0 aromatic carbocycles. The molecular formula is C26H38N10O13P2. The van der Waals surface area contributed by atoms with E-state index in [1.54, 1.807) is 6.20 Å². The maximum Gasteiger partial charge on any atom is 0.472 e. The largest absolute Gasteiger partial charge is 0.472 e. The number of aromatic amines is 2. The zero-order chi connectivity index (χ0) is 36.5. The van der Waals surface area contributed by atoms with E-state index in [0.717, 1.165) is 5.56 Å². The molecular weight excluding hydrogens is 722 g/mol. The van der Waals surface area contributed by atoms with Gasteiger partial charge in [0, 0.05) is 57.6 Å². The van der Waals surface area contributed by atoms with Crippen LogP contribution >= 0.6 is 15.6 Å². The molecule has 4 aromatic rings. The van der Waals surface area contributed by atoms with Crippen LogP contribution in [-0.2, 0) is 43.2 Å². The van der Waals surface area contributed by atoms with Gasteiger partial charge in [-0.2, -0.15) is 4.98 Å². The van der Waals surface area contributed by atoms with Crippen LogP contribution in [0.15, 0.2) is 23.6 Å². The van der Waals surface area contributed by atoms with Gasteiger partial charge >= 0.3 is 15.6 Å². The van der Waals surface area contributed by atoms with Gasteiger partial charge < -0.3 is 45.9 Å². The highest BCUT2D eigenvalue weighted by atomic mass is 31.2. The number of rotatable bonds is 16. The molecule has 0 amide bonds. The van der Waals surface area contributed by atoms with E-state index in [4.69, 9.17) is 44.1 Å². The minimum atomic E-state index is -4.89. The molecule has 0 radical (unpaired) electrons. The fourth-order valence-corrected chi connectivity index (χ4v) is 8.06. The van der Waals surface area contributed by atoms with Crippen molar-refractivity contribution in [2.75, 3.05) is 58.1 Å². The summed E-state index contributed by atoms with van der Waals surface area (Å²) in [5, 5.41) is 19.1. The predicted octanol–water partition coefficient (Wildman–Crippen LogP) is -1.02. The number of methoxy groups -OCH3 is 1. The Morgan fingerprint density at radius 1 is 1.06 bits per heavy atom. The third-order valence-electron chi connectivity index (χ3n) is 8.42. The van der Waals surface area contributed by atoms with E-state index < -0.39 is 64.4 Å². The molecule has 2 saturated heterocycles. The number of nitrogens with two attached hydrogens (primary N) is 2. The molecule has 10 N–H and O–H groups in total. The van der Waals surface area contributed by atoms with Gasteiger partial charge in [-0.3, -0.25) is 37.3 Å². The summed E-state index contributed by atoms with van der Waals surface area (Å²) in [6.45, 7) is -0.914. The van der Waals surface area contributed by atoms with Gasteiger partial charge in [-0.1, -0.05) is 0 Å². The van der Waals surface area contributed by atoms with Crippen molar-refractivity contribution < 1.29 is 56.7 Å². The summed E-state index contributed by atoms with van der Waals surface area (Å²) < 4.78 is 60.4. The highest BCUT2D eigenvalue weighted by Crippen LogP contribution is 2.51. The van der Waals surface area contributed by atoms with Gasteiger partial charge in [0.15, 0.2) is 23.2 Å². The molecule has 0 aliphatic carbocycles. The quantitative estimate of drug-likeness (QED) is 0.0500. The molecule has 8 atom stereocenters. The number of fused-ring (bicyclic) bond motifs is 2. The number of nitrogen functional groups attached to an aromatic ring is 2. The van der Waals surface area contributed by atoms with Gasteiger partial charge in [-0.05, 0) is 6.42 Å². The summed E-state index contributed by atoms with van der Waals surface area (Å²) in [7, 11) is -8.47. The van der Waals surface area contributed by atoms with E-state index in [0.29, 0.717) is 24.1 Å². The van der Waals surface area contributed by atoms with Crippen LogP contribution in [0.25, 0.3) is 22.2 Å². The van der Waals surface area contributed by atoms with E-state index in [2.05, 4.69) is 29.9 Å². The number of aromatic nitrogens is 7. The Labute approximate surface area is 288 Å². The number of anilines is 2. The fourth-order valence-electron chi connectivity index (χ4n) is 6.10. The van der Waals surface area contributed by atoms with Crippen molar-refractivity contribution in [2.45, 2.75) is 43.6 Å². The molecule has 2 aliphatic rings. The average Bonchev–Trinajstić information content (AvgIpc) is 3.85. The molecule has 23 nitrogen and oxygen atoms in total. The molecule has 6 heterocycles. The Kier molecular flexibility index (Phi) is 11.2. The summed E-state index contributed by atoms with van der Waals surface area (Å²) in [6.07, 6.45) is -1.95. The third-order valence-corrected chi connectivity index (χ3v) is 10.5. The number of hydrogen-bond donors (Lipinski definition) is 8. The minimum Gasteiger partial charge on any atom is -0.396 e. The predicted molar refractivity (Wildman–Crippen MR) is 174 cm³/mol. The number of imidazole rings is 1. The van der Waals surface area contributed by atoms with Gasteiger partial charge in [-0.15, -0.1) is 0 Å². The number of likely N-dealkylation sites (tertiary alicyclic amines) is 1. The SMILES string of the molecule is CO[C@@H]1[C@H](OP(=O)(O)OCCCO)[C@@H](COP(=O)(O)O[C@H]2CN(Cc3c[nH]c4c(N)ncnc34)C[C@@H]2CO)O[C@H]1n1cnc2c(=O)[nH]c(N)nc21. The van der Waals surface area contributed by atoms with Crippen LogP contribution in [-0.4, -0.2) is 130 Å². The zero-order valence-corrected chi connectivity index (χ0v) is 28.8. The molecule has 25 heteroatoms. The zero-order valence-electron chi connectivity index (χ0n) is 27.0. The van der Waals surface area contributed by atoms with Crippen LogP contribution in [0.1, 0.15) is 18.2 Å². The highest BCUT2D eigenvalue weighted by Gasteiger charge is 2.51. The van der Waals surface area contributed by atoms with Crippen LogP contribution in [0, 0.1) is 5.92 Å². The van der Waals surface area contributed by atoms with Crippen LogP contribution in [0.3, 0.4) is 0 Å². The van der Waals surface area contributed by atoms with E-state index in [1.807, 2.05) is 4.90 Å². The van der Waals surface area contributed by atoms with Crippen molar-refractivity contribution >= 4 is 49.6 Å². The summed E-state index contributed by atoms with van der Waals surface area (Å²) in [4.78, 5) is 57.4. The number of H-pyrrole nitrogens is 2. The molecule has 2 fully saturated rings. The number of aliphatic hydroxyl groups excluding tert-OH is 2. The molecule has 4 aromatic heterocycles. The smallest absolute Gasteiger partial charge is 0.396 e. The first-order valence-corrected chi connectivity index (χ1v) is 18.5. The fraction of sp³-hybridized carbons (Fsp3) is 0.577. The molecule has 0 spiro atoms. The Bertz CT molecular complexity index is 1990. The number of nitrogens with zero attached hydrogens (tertiary/aromatic N) is 6. The topological polar surface area (TPSA) is 331 Å². The third kappa shape index (κ3) is 8.15. The molecule has 6 rings (SSSR count). The lowest BCUT2D eigenvalue weighted by molar-refractivity contribution is -0.0594. The van der Waals surface area contributed by atoms with Crippen LogP contribution < -0.4 is 17.0 Å². The number of aliphatic hydroxyl groups is 2. The van der Waals surface area contributed by atoms with Crippen LogP contribution in [0.4, 0.5) is 11.8 Å². The summed E-state index contributed by atoms with van der Waals surface area (Å²) >= 11 is 0. The van der Waals surface area contributed by atoms with Gasteiger partial charge in [0.2, 0.25) is 5.95 Å². The van der Waals surface area contributed by atoms with Crippen molar-refractivity contribution in [2.24, 2.45) is 5.92 Å². The standard InChI is InChI=1S/C26H38N10O13P2/c1-44-21-20(49-50(40,41)45-4-2-3-37)16(47-25(21)36-12-32-19-23(36)33-26(28)34-24(19)39)10-46-51(42,43)48-15-8-35(7-14(15)9-38)6-13-5-29-18-17(13)30-11-31-22(18)27/h5,11-12,14-16,20-21,25,29,37-38H,2-4,6-10H2,1H3,(H,40,41)(H,42,43)(H2,27,30,31)(H3,28,33,34,39)/t14-,15+,16-,20-,21-,25-/m1/s1. The second-order valence-electron chi connectivity index (χ2n) is 11.8. The number of phosphoric ester groups is 2. The first-order chi connectivity index (χ1) is 24.3. The Morgan fingerprint density at radius 2 is 1.84 bits per heavy atom. The number of phosphoric acid groups is 2. The lowest BCUT2D eigenvalue weighted by atomic mass is 10.1. The van der Waals surface area contributed by atoms with Crippen LogP contribution in [0.5, 0.6) is 0 Å². The normalized spacial score (nSPS) is 26.6. The van der Waals surface area contributed by atoms with Crippen LogP contribution in [0.2, 0.25) is 0 Å². The first-order valence-electron chi connectivity index (χ1n) is 15.6. The van der Waals surface area contributed by atoms with E-state index in [9.17, 15) is 28.8 Å². The number of ether oxygens (including phenoxy) is 2. The van der Waals surface area contributed by atoms with Crippen molar-refractivity contribution in [1.29, 1.82) is 0 Å². The second kappa shape index (κ2) is 15.3. The Balaban J connectivity index is 1.18. The lowest BCUT2D eigenvalue weighted by Gasteiger charge is -2.26. The maximum absolute atomic E-state index is 13.3. The highest BCUT2D eigenvalue weighted by molar-refractivity contribution is 7.47. The second-order valence-corrected chi connectivity index (χ2v) is 14.6. The van der Waals surface area contributed by atoms with Crippen molar-refractivity contribution in [3.8, 4) is 0 Å². The lowest BCUT2D eigenvalue weighted by Crippen LogP contribution is -2.37.